The molecule has 4 heteroatoms. The first-order valence-electron chi connectivity index (χ1n) is 3.92. The number of hydrogen-bond acceptors (Lipinski definition) is 4. The summed E-state index contributed by atoms with van der Waals surface area (Å²) in [6.07, 6.45) is -0.0880. The van der Waals surface area contributed by atoms with Crippen molar-refractivity contribution >= 4 is 5.97 Å². The van der Waals surface area contributed by atoms with Crippen LogP contribution >= 0.6 is 0 Å². The predicted molar refractivity (Wildman–Crippen MR) is 39.9 cm³/mol. The van der Waals surface area contributed by atoms with Crippen molar-refractivity contribution in [2.24, 2.45) is 5.41 Å². The smallest absolute Gasteiger partial charge is 0.336 e. The first-order valence-corrected chi connectivity index (χ1v) is 3.92. The maximum Gasteiger partial charge on any atom is 0.336 e. The molecule has 0 amide bonds. The van der Waals surface area contributed by atoms with Crippen LogP contribution < -0.4 is 0 Å². The maximum atomic E-state index is 11.0. The third kappa shape index (κ3) is 1.41. The van der Waals surface area contributed by atoms with Crippen LogP contribution in [0.2, 0.25) is 0 Å². The number of esters is 1. The van der Waals surface area contributed by atoms with E-state index in [1.807, 2.05) is 6.07 Å². The SMILES string of the molecule is CCOC(=O)C(O)C1(C#N)CC1. The van der Waals surface area contributed by atoms with Crippen LogP contribution in [0.1, 0.15) is 19.8 Å². The second kappa shape index (κ2) is 3.11. The Morgan fingerprint density at radius 3 is 2.75 bits per heavy atom. The van der Waals surface area contributed by atoms with Gasteiger partial charge in [-0.15, -0.1) is 0 Å². The van der Waals surface area contributed by atoms with Gasteiger partial charge in [-0.2, -0.15) is 5.26 Å². The second-order valence-electron chi connectivity index (χ2n) is 2.92. The summed E-state index contributed by atoms with van der Waals surface area (Å²) >= 11 is 0. The van der Waals surface area contributed by atoms with E-state index in [0.717, 1.165) is 0 Å². The van der Waals surface area contributed by atoms with Crippen LogP contribution in [0.15, 0.2) is 0 Å². The molecule has 0 bridgehead atoms. The van der Waals surface area contributed by atoms with Gasteiger partial charge in [0.05, 0.1) is 18.1 Å². The molecule has 0 aromatic carbocycles. The van der Waals surface area contributed by atoms with E-state index in [4.69, 9.17) is 5.26 Å². The molecule has 1 unspecified atom stereocenters. The van der Waals surface area contributed by atoms with Gasteiger partial charge < -0.3 is 9.84 Å². The number of rotatable bonds is 3. The van der Waals surface area contributed by atoms with Crippen LogP contribution in [-0.4, -0.2) is 23.8 Å². The largest absolute Gasteiger partial charge is 0.464 e. The molecule has 0 radical (unpaired) electrons. The molecule has 0 saturated heterocycles. The van der Waals surface area contributed by atoms with Crippen LogP contribution in [0, 0.1) is 16.7 Å². The van der Waals surface area contributed by atoms with Gasteiger partial charge in [-0.1, -0.05) is 0 Å². The van der Waals surface area contributed by atoms with Crippen LogP contribution in [0.4, 0.5) is 0 Å². The van der Waals surface area contributed by atoms with Crippen molar-refractivity contribution in [2.45, 2.75) is 25.9 Å². The number of nitriles is 1. The quantitative estimate of drug-likeness (QED) is 0.613. The predicted octanol–water partition coefficient (Wildman–Crippen LogP) is 0.214. The number of aliphatic hydroxyl groups excluding tert-OH is 1. The highest BCUT2D eigenvalue weighted by molar-refractivity contribution is 5.76. The second-order valence-corrected chi connectivity index (χ2v) is 2.92. The zero-order valence-corrected chi connectivity index (χ0v) is 6.91. The third-order valence-electron chi connectivity index (χ3n) is 2.04. The summed E-state index contributed by atoms with van der Waals surface area (Å²) in [5, 5.41) is 18.0. The van der Waals surface area contributed by atoms with Gasteiger partial charge in [-0.05, 0) is 19.8 Å². The van der Waals surface area contributed by atoms with Crippen molar-refractivity contribution in [1.29, 1.82) is 5.26 Å². The number of ether oxygens (including phenoxy) is 1. The molecule has 1 rings (SSSR count). The molecule has 66 valence electrons. The van der Waals surface area contributed by atoms with E-state index in [2.05, 4.69) is 4.74 Å². The molecule has 1 aliphatic carbocycles. The van der Waals surface area contributed by atoms with Gasteiger partial charge in [0.25, 0.3) is 0 Å². The van der Waals surface area contributed by atoms with Crippen molar-refractivity contribution in [1.82, 2.24) is 0 Å². The molecule has 12 heavy (non-hydrogen) atoms. The van der Waals surface area contributed by atoms with Crippen LogP contribution in [-0.2, 0) is 9.53 Å². The zero-order valence-electron chi connectivity index (χ0n) is 6.91. The minimum atomic E-state index is -1.26. The van der Waals surface area contributed by atoms with E-state index in [0.29, 0.717) is 12.8 Å². The highest BCUT2D eigenvalue weighted by atomic mass is 16.5. The summed E-state index contributed by atoms with van der Waals surface area (Å²) in [5.74, 6) is -0.684. The van der Waals surface area contributed by atoms with Crippen molar-refractivity contribution < 1.29 is 14.6 Å². The lowest BCUT2D eigenvalue weighted by Crippen LogP contribution is -2.31. The summed E-state index contributed by atoms with van der Waals surface area (Å²) in [4.78, 5) is 11.0. The molecule has 0 aromatic rings. The summed E-state index contributed by atoms with van der Waals surface area (Å²) in [5.41, 5.74) is -0.841. The van der Waals surface area contributed by atoms with E-state index in [1.165, 1.54) is 0 Å². The normalized spacial score (nSPS) is 20.8. The highest BCUT2D eigenvalue weighted by Crippen LogP contribution is 2.48. The van der Waals surface area contributed by atoms with Crippen molar-refractivity contribution in [3.8, 4) is 6.07 Å². The van der Waals surface area contributed by atoms with Crippen LogP contribution in [0.25, 0.3) is 0 Å². The van der Waals surface area contributed by atoms with Crippen molar-refractivity contribution in [3.63, 3.8) is 0 Å². The summed E-state index contributed by atoms with van der Waals surface area (Å²) in [6.45, 7) is 1.90. The molecular formula is C8H11NO3. The minimum absolute atomic E-state index is 0.234. The maximum absolute atomic E-state index is 11.0. The van der Waals surface area contributed by atoms with E-state index in [1.54, 1.807) is 6.92 Å². The molecule has 1 atom stereocenters. The lowest BCUT2D eigenvalue weighted by atomic mass is 10.0. The lowest BCUT2D eigenvalue weighted by Gasteiger charge is -2.12. The van der Waals surface area contributed by atoms with E-state index in [-0.39, 0.29) is 6.61 Å². The molecule has 0 heterocycles. The fourth-order valence-electron chi connectivity index (χ4n) is 1.03. The van der Waals surface area contributed by atoms with Crippen LogP contribution in [0.3, 0.4) is 0 Å². The Morgan fingerprint density at radius 2 is 2.42 bits per heavy atom. The van der Waals surface area contributed by atoms with Crippen LogP contribution in [0.5, 0.6) is 0 Å². The molecule has 0 spiro atoms. The topological polar surface area (TPSA) is 70.3 Å². The Kier molecular flexibility index (Phi) is 2.34. The number of nitrogens with zero attached hydrogens (tertiary/aromatic N) is 1. The lowest BCUT2D eigenvalue weighted by molar-refractivity contribution is -0.155. The van der Waals surface area contributed by atoms with Gasteiger partial charge in [0.1, 0.15) is 0 Å². The minimum Gasteiger partial charge on any atom is -0.464 e. The molecule has 1 saturated carbocycles. The average Bonchev–Trinajstić information content (AvgIpc) is 2.84. The van der Waals surface area contributed by atoms with Gasteiger partial charge in [0.2, 0.25) is 0 Å². The van der Waals surface area contributed by atoms with Crippen molar-refractivity contribution in [2.75, 3.05) is 6.61 Å². The molecule has 0 aliphatic heterocycles. The number of hydrogen-bond donors (Lipinski definition) is 1. The molecule has 0 aromatic heterocycles. The van der Waals surface area contributed by atoms with E-state index >= 15 is 0 Å². The molecule has 1 fully saturated rings. The standard InChI is InChI=1S/C8H11NO3/c1-2-12-7(11)6(10)8(5-9)3-4-8/h6,10H,2-4H2,1H3. The molecular weight excluding hydrogens is 158 g/mol. The number of carbonyl (C=O) groups is 1. The fraction of sp³-hybridized carbons (Fsp3) is 0.750. The Labute approximate surface area is 70.7 Å². The van der Waals surface area contributed by atoms with Gasteiger partial charge in [0, 0.05) is 0 Å². The monoisotopic (exact) mass is 169 g/mol. The molecule has 1 N–H and O–H groups in total. The Morgan fingerprint density at radius 1 is 1.83 bits per heavy atom. The van der Waals surface area contributed by atoms with E-state index < -0.39 is 17.5 Å². The number of aliphatic hydroxyl groups is 1. The van der Waals surface area contributed by atoms with Gasteiger partial charge >= 0.3 is 5.97 Å². The molecule has 4 nitrogen and oxygen atoms in total. The van der Waals surface area contributed by atoms with Gasteiger partial charge in [0.15, 0.2) is 6.10 Å². The van der Waals surface area contributed by atoms with E-state index in [9.17, 15) is 9.90 Å². The van der Waals surface area contributed by atoms with Gasteiger partial charge in [-0.25, -0.2) is 4.79 Å². The number of carbonyl (C=O) groups excluding carboxylic acids is 1. The Balaban J connectivity index is 2.54. The zero-order chi connectivity index (χ0) is 9.19. The Bertz CT molecular complexity index is 227. The first-order chi connectivity index (χ1) is 5.66. The first kappa shape index (κ1) is 9.01. The van der Waals surface area contributed by atoms with Crippen molar-refractivity contribution in [3.05, 3.63) is 0 Å². The molecule has 1 aliphatic rings. The highest BCUT2D eigenvalue weighted by Gasteiger charge is 2.53. The average molecular weight is 169 g/mol. The third-order valence-corrected chi connectivity index (χ3v) is 2.04. The fourth-order valence-corrected chi connectivity index (χ4v) is 1.03. The summed E-state index contributed by atoms with van der Waals surface area (Å²) < 4.78 is 4.59. The Hall–Kier alpha value is -1.08. The van der Waals surface area contributed by atoms with Gasteiger partial charge in [-0.3, -0.25) is 0 Å². The summed E-state index contributed by atoms with van der Waals surface area (Å²) in [7, 11) is 0. The summed E-state index contributed by atoms with van der Waals surface area (Å²) in [6, 6.07) is 1.94.